The molecular weight excluding hydrogens is 413 g/mol. The molecule has 0 atom stereocenters. The molecule has 8 nitrogen and oxygen atoms in total. The van der Waals surface area contributed by atoms with Gasteiger partial charge in [-0.3, -0.25) is 13.9 Å². The summed E-state index contributed by atoms with van der Waals surface area (Å²) in [5, 5.41) is 12.6. The zero-order valence-electron chi connectivity index (χ0n) is 16.5. The van der Waals surface area contributed by atoms with Crippen LogP contribution in [0.1, 0.15) is 12.2 Å². The Bertz CT molecular complexity index is 1240. The van der Waals surface area contributed by atoms with E-state index < -0.39 is 17.1 Å². The van der Waals surface area contributed by atoms with Crippen molar-refractivity contribution < 1.29 is 14.1 Å². The van der Waals surface area contributed by atoms with Crippen molar-refractivity contribution in [2.75, 3.05) is 0 Å². The summed E-state index contributed by atoms with van der Waals surface area (Å²) in [7, 11) is 2.83. The van der Waals surface area contributed by atoms with Crippen LogP contribution in [0, 0.1) is 5.82 Å². The zero-order valence-corrected chi connectivity index (χ0v) is 17.4. The molecule has 158 valence electrons. The summed E-state index contributed by atoms with van der Waals surface area (Å²) in [6.45, 7) is 0.809. The minimum absolute atomic E-state index is 0. The Morgan fingerprint density at radius 3 is 2.60 bits per heavy atom. The average Bonchev–Trinajstić information content (AvgIpc) is 3.29. The van der Waals surface area contributed by atoms with E-state index in [0.717, 1.165) is 51.7 Å². The fourth-order valence-electron chi connectivity index (χ4n) is 3.63. The number of benzene rings is 1. The number of imidazole rings is 1. The zero-order chi connectivity index (χ0) is 20.7. The molecule has 0 spiro atoms. The summed E-state index contributed by atoms with van der Waals surface area (Å²) < 4.78 is 19.3. The first-order valence-electron chi connectivity index (χ1n) is 9.24. The monoisotopic (exact) mass is 433 g/mol. The van der Waals surface area contributed by atoms with E-state index in [0.29, 0.717) is 0 Å². The molecule has 0 aliphatic carbocycles. The van der Waals surface area contributed by atoms with Gasteiger partial charge in [0.1, 0.15) is 24.4 Å². The predicted octanol–water partition coefficient (Wildman–Crippen LogP) is 0.438. The molecule has 0 saturated carbocycles. The minimum atomic E-state index is -0.542. The van der Waals surface area contributed by atoms with Gasteiger partial charge in [0.25, 0.3) is 11.4 Å². The maximum absolute atomic E-state index is 13.3. The summed E-state index contributed by atoms with van der Waals surface area (Å²) in [5.41, 5.74) is 0.716. The van der Waals surface area contributed by atoms with Crippen LogP contribution in [-0.4, -0.2) is 19.6 Å². The lowest BCUT2D eigenvalue weighted by atomic mass is 10.1. The molecule has 0 fully saturated rings. The van der Waals surface area contributed by atoms with Gasteiger partial charge in [-0.15, -0.1) is 12.4 Å². The number of fused-ring (bicyclic) bond motifs is 1. The average molecular weight is 434 g/mol. The van der Waals surface area contributed by atoms with E-state index in [1.54, 1.807) is 12.1 Å². The number of nitrogens with zero attached hydrogens (tertiary/aromatic N) is 5. The van der Waals surface area contributed by atoms with Gasteiger partial charge in [0.05, 0.1) is 13.0 Å². The lowest BCUT2D eigenvalue weighted by Gasteiger charge is -2.11. The molecule has 4 rings (SSSR count). The molecule has 0 bridgehead atoms. The maximum Gasteiger partial charge on any atom is 0.332 e. The summed E-state index contributed by atoms with van der Waals surface area (Å²) in [6.07, 6.45) is 3.63. The molecule has 1 aromatic carbocycles. The molecule has 0 saturated heterocycles. The van der Waals surface area contributed by atoms with Crippen molar-refractivity contribution in [2.24, 2.45) is 19.1 Å². The van der Waals surface area contributed by atoms with Gasteiger partial charge in [-0.1, -0.05) is 0 Å². The molecule has 0 N–H and O–H groups in total. The second kappa shape index (κ2) is 8.27. The Kier molecular flexibility index (Phi) is 5.93. The van der Waals surface area contributed by atoms with Crippen LogP contribution in [-0.2, 0) is 33.6 Å². The third-order valence-electron chi connectivity index (χ3n) is 5.18. The van der Waals surface area contributed by atoms with Gasteiger partial charge in [-0.25, -0.2) is 23.3 Å². The highest BCUT2D eigenvalue weighted by Gasteiger charge is 2.28. The predicted molar refractivity (Wildman–Crippen MR) is 110 cm³/mol. The van der Waals surface area contributed by atoms with Crippen LogP contribution in [0.2, 0.25) is 0 Å². The summed E-state index contributed by atoms with van der Waals surface area (Å²) in [4.78, 5) is 27.8. The topological polar surface area (TPSA) is 88.2 Å². The molecule has 0 unspecified atom stereocenters. The van der Waals surface area contributed by atoms with E-state index >= 15 is 0 Å². The fraction of sp³-hybridized carbons (Fsp3) is 0.300. The number of aliphatic imine (C=N–C) groups is 1. The van der Waals surface area contributed by atoms with Gasteiger partial charge in [-0.05, 0) is 30.7 Å². The Hall–Kier alpha value is -3.20. The molecule has 3 aromatic rings. The van der Waals surface area contributed by atoms with Gasteiger partial charge in [0.15, 0.2) is 5.69 Å². The van der Waals surface area contributed by atoms with Crippen LogP contribution in [0.15, 0.2) is 51.1 Å². The van der Waals surface area contributed by atoms with E-state index in [9.17, 15) is 19.1 Å². The molecule has 1 aliphatic heterocycles. The van der Waals surface area contributed by atoms with Crippen molar-refractivity contribution in [3.63, 3.8) is 0 Å². The first-order chi connectivity index (χ1) is 13.8. The Morgan fingerprint density at radius 1 is 1.20 bits per heavy atom. The summed E-state index contributed by atoms with van der Waals surface area (Å²) >= 11 is 0. The van der Waals surface area contributed by atoms with E-state index in [-0.39, 0.29) is 30.6 Å². The second-order valence-electron chi connectivity index (χ2n) is 7.07. The molecular formula is C20H21ClFN5O3. The van der Waals surface area contributed by atoms with Crippen molar-refractivity contribution in [3.05, 3.63) is 69.0 Å². The lowest BCUT2D eigenvalue weighted by Crippen LogP contribution is -2.44. The smallest absolute Gasteiger partial charge is 0.332 e. The summed E-state index contributed by atoms with van der Waals surface area (Å²) in [6, 6.07) is 7.40. The Balaban J connectivity index is 0.00000256. The van der Waals surface area contributed by atoms with E-state index in [4.69, 9.17) is 0 Å². The van der Waals surface area contributed by atoms with Gasteiger partial charge in [-0.2, -0.15) is 0 Å². The van der Waals surface area contributed by atoms with Crippen molar-refractivity contribution in [1.29, 1.82) is 0 Å². The Morgan fingerprint density at radius 2 is 1.90 bits per heavy atom. The van der Waals surface area contributed by atoms with Crippen LogP contribution < -0.4 is 20.9 Å². The first-order valence-corrected chi connectivity index (χ1v) is 9.24. The van der Waals surface area contributed by atoms with Gasteiger partial charge >= 0.3 is 5.69 Å². The van der Waals surface area contributed by atoms with Crippen molar-refractivity contribution in [3.8, 4) is 11.3 Å². The van der Waals surface area contributed by atoms with Crippen LogP contribution in [0.25, 0.3) is 11.3 Å². The SMILES string of the molecule is Cl.Cn1c(N=C([O-])C[n+]2cc(-c3ccc(F)cc3)n3c2CCC3)cc(=O)n(C)c1=O. The molecule has 1 aliphatic rings. The van der Waals surface area contributed by atoms with Gasteiger partial charge in [0.2, 0.25) is 0 Å². The third-order valence-corrected chi connectivity index (χ3v) is 5.18. The van der Waals surface area contributed by atoms with Crippen molar-refractivity contribution in [2.45, 2.75) is 25.9 Å². The van der Waals surface area contributed by atoms with Crippen LogP contribution >= 0.6 is 12.4 Å². The molecule has 3 heterocycles. The standard InChI is InChI=1S/C20H20FN5O3.ClH/c1-23-16(10-19(28)24(2)20(23)29)22-17(27)12-25-11-15(26-9-3-4-18(25)26)13-5-7-14(21)8-6-13;/h5-8,10-11H,3-4,9,12H2,1-2H3;1H. The molecule has 10 heteroatoms. The van der Waals surface area contributed by atoms with E-state index in [1.165, 1.54) is 26.2 Å². The fourth-order valence-corrected chi connectivity index (χ4v) is 3.63. The van der Waals surface area contributed by atoms with Gasteiger partial charge < -0.3 is 5.11 Å². The van der Waals surface area contributed by atoms with Crippen molar-refractivity contribution in [1.82, 2.24) is 13.7 Å². The van der Waals surface area contributed by atoms with E-state index in [2.05, 4.69) is 9.56 Å². The van der Waals surface area contributed by atoms with Crippen LogP contribution in [0.4, 0.5) is 10.2 Å². The number of halogens is 2. The van der Waals surface area contributed by atoms with Crippen LogP contribution in [0.5, 0.6) is 0 Å². The van der Waals surface area contributed by atoms with E-state index in [1.807, 2.05) is 10.8 Å². The maximum atomic E-state index is 13.3. The molecule has 30 heavy (non-hydrogen) atoms. The molecule has 0 radical (unpaired) electrons. The summed E-state index contributed by atoms with van der Waals surface area (Å²) in [5.74, 6) is 0.247. The number of rotatable bonds is 4. The highest BCUT2D eigenvalue weighted by atomic mass is 35.5. The van der Waals surface area contributed by atoms with Gasteiger partial charge in [0, 0.05) is 31.6 Å². The highest BCUT2D eigenvalue weighted by Crippen LogP contribution is 2.24. The normalized spacial score (nSPS) is 13.2. The molecule has 0 amide bonds. The minimum Gasteiger partial charge on any atom is -0.859 e. The lowest BCUT2D eigenvalue weighted by molar-refractivity contribution is -0.693. The third kappa shape index (κ3) is 3.80. The largest absolute Gasteiger partial charge is 0.859 e. The quantitative estimate of drug-likeness (QED) is 0.340. The number of hydrogen-bond donors (Lipinski definition) is 0. The van der Waals surface area contributed by atoms with Crippen molar-refractivity contribution >= 4 is 24.1 Å². The number of aromatic nitrogens is 4. The number of hydrogen-bond acceptors (Lipinski definition) is 4. The second-order valence-corrected chi connectivity index (χ2v) is 7.07. The Labute approximate surface area is 177 Å². The molecule has 2 aromatic heterocycles. The van der Waals surface area contributed by atoms with Crippen LogP contribution in [0.3, 0.4) is 0 Å². The first kappa shape index (κ1) is 21.5. The highest BCUT2D eigenvalue weighted by molar-refractivity contribution is 5.85.